The van der Waals surface area contributed by atoms with E-state index >= 15 is 0 Å². The molecule has 0 aliphatic carbocycles. The van der Waals surface area contributed by atoms with Crippen LogP contribution >= 0.6 is 15.9 Å². The van der Waals surface area contributed by atoms with E-state index in [1.165, 1.54) is 16.7 Å². The summed E-state index contributed by atoms with van der Waals surface area (Å²) in [6, 6.07) is 7.27. The number of rotatable bonds is 5. The maximum Gasteiger partial charge on any atom is 0.0208 e. The Kier molecular flexibility index (Phi) is 5.50. The maximum atomic E-state index is 3.59. The molecule has 1 unspecified atom stereocenters. The second-order valence-electron chi connectivity index (χ2n) is 4.88. The summed E-state index contributed by atoms with van der Waals surface area (Å²) in [5, 5.41) is 4.60. The van der Waals surface area contributed by atoms with Crippen molar-refractivity contribution in [3.8, 4) is 0 Å². The molecule has 0 bridgehead atoms. The summed E-state index contributed by atoms with van der Waals surface area (Å²) in [5.74, 6) is 0.658. The molecule has 1 aromatic rings. The molecule has 1 atom stereocenters. The van der Waals surface area contributed by atoms with E-state index in [2.05, 4.69) is 67.1 Å². The molecule has 0 spiro atoms. The van der Waals surface area contributed by atoms with Crippen LogP contribution in [0.1, 0.15) is 30.5 Å². The van der Waals surface area contributed by atoms with Crippen LogP contribution < -0.4 is 5.32 Å². The van der Waals surface area contributed by atoms with Crippen molar-refractivity contribution in [1.29, 1.82) is 0 Å². The molecular weight excluding hydrogens is 262 g/mol. The first-order valence-corrected chi connectivity index (χ1v) is 7.01. The monoisotopic (exact) mass is 283 g/mol. The van der Waals surface area contributed by atoms with E-state index in [4.69, 9.17) is 0 Å². The van der Waals surface area contributed by atoms with Gasteiger partial charge in [-0.3, -0.25) is 0 Å². The fraction of sp³-hybridized carbons (Fsp3) is 0.571. The molecule has 1 N–H and O–H groups in total. The first kappa shape index (κ1) is 13.7. The zero-order chi connectivity index (χ0) is 12.1. The van der Waals surface area contributed by atoms with Crippen LogP contribution in [-0.2, 0) is 6.54 Å². The number of hydrogen-bond donors (Lipinski definition) is 1. The Morgan fingerprint density at radius 1 is 1.12 bits per heavy atom. The van der Waals surface area contributed by atoms with Gasteiger partial charge in [0, 0.05) is 17.9 Å². The smallest absolute Gasteiger partial charge is 0.0208 e. The molecule has 0 saturated carbocycles. The molecule has 0 aliphatic heterocycles. The van der Waals surface area contributed by atoms with Crippen LogP contribution in [0.2, 0.25) is 0 Å². The van der Waals surface area contributed by atoms with Crippen molar-refractivity contribution >= 4 is 15.9 Å². The Balaban J connectivity index is 2.60. The number of aryl methyl sites for hydroxylation is 2. The average molecular weight is 284 g/mol. The summed E-state index contributed by atoms with van der Waals surface area (Å²) in [6.07, 6.45) is 0. The summed E-state index contributed by atoms with van der Waals surface area (Å²) < 4.78 is 0. The predicted octanol–water partition coefficient (Wildman–Crippen LogP) is 3.81. The van der Waals surface area contributed by atoms with Crippen molar-refractivity contribution in [3.63, 3.8) is 0 Å². The second-order valence-corrected chi connectivity index (χ2v) is 5.53. The maximum absolute atomic E-state index is 3.59. The third-order valence-corrected chi connectivity index (χ3v) is 3.52. The minimum Gasteiger partial charge on any atom is -0.309 e. The van der Waals surface area contributed by atoms with Gasteiger partial charge in [-0.1, -0.05) is 59.1 Å². The Hall–Kier alpha value is -0.340. The highest BCUT2D eigenvalue weighted by molar-refractivity contribution is 9.09. The summed E-state index contributed by atoms with van der Waals surface area (Å²) in [7, 11) is 0. The third-order valence-electron chi connectivity index (χ3n) is 2.82. The predicted molar refractivity (Wildman–Crippen MR) is 75.2 cm³/mol. The molecule has 1 aromatic carbocycles. The molecule has 0 heterocycles. The highest BCUT2D eigenvalue weighted by atomic mass is 79.9. The lowest BCUT2D eigenvalue weighted by atomic mass is 10.0. The highest BCUT2D eigenvalue weighted by Crippen LogP contribution is 2.10. The van der Waals surface area contributed by atoms with Crippen LogP contribution in [0.25, 0.3) is 0 Å². The van der Waals surface area contributed by atoms with E-state index in [-0.39, 0.29) is 0 Å². The Morgan fingerprint density at radius 2 is 1.69 bits per heavy atom. The number of hydrogen-bond acceptors (Lipinski definition) is 1. The van der Waals surface area contributed by atoms with Crippen LogP contribution in [0, 0.1) is 19.8 Å². The number of halogens is 1. The zero-order valence-corrected chi connectivity index (χ0v) is 12.3. The van der Waals surface area contributed by atoms with Crippen LogP contribution in [0.15, 0.2) is 18.2 Å². The molecule has 16 heavy (non-hydrogen) atoms. The van der Waals surface area contributed by atoms with Crippen LogP contribution in [0.4, 0.5) is 0 Å². The normalized spacial score (nSPS) is 13.1. The van der Waals surface area contributed by atoms with Crippen molar-refractivity contribution in [2.75, 3.05) is 5.33 Å². The van der Waals surface area contributed by atoms with E-state index < -0.39 is 0 Å². The lowest BCUT2D eigenvalue weighted by Gasteiger charge is -2.20. The summed E-state index contributed by atoms with van der Waals surface area (Å²) in [4.78, 5) is 0. The zero-order valence-electron chi connectivity index (χ0n) is 10.7. The van der Waals surface area contributed by atoms with Gasteiger partial charge in [0.2, 0.25) is 0 Å². The molecule has 0 aromatic heterocycles. The van der Waals surface area contributed by atoms with E-state index in [9.17, 15) is 0 Å². The van der Waals surface area contributed by atoms with Crippen LogP contribution in [-0.4, -0.2) is 11.4 Å². The molecular formula is C14H22BrN. The van der Waals surface area contributed by atoms with Crippen LogP contribution in [0.5, 0.6) is 0 Å². The first-order chi connectivity index (χ1) is 7.52. The van der Waals surface area contributed by atoms with E-state index in [0.717, 1.165) is 11.9 Å². The van der Waals surface area contributed by atoms with Gasteiger partial charge in [0.1, 0.15) is 0 Å². The third kappa shape index (κ3) is 4.26. The first-order valence-electron chi connectivity index (χ1n) is 5.89. The molecule has 0 fully saturated rings. The van der Waals surface area contributed by atoms with Gasteiger partial charge in [-0.2, -0.15) is 0 Å². The topological polar surface area (TPSA) is 12.0 Å². The molecule has 1 nitrogen and oxygen atoms in total. The lowest BCUT2D eigenvalue weighted by molar-refractivity contribution is 0.434. The summed E-state index contributed by atoms with van der Waals surface area (Å²) in [6.45, 7) is 9.76. The number of alkyl halides is 1. The molecule has 90 valence electrons. The van der Waals surface area contributed by atoms with E-state index in [1.807, 2.05) is 0 Å². The second kappa shape index (κ2) is 6.41. The number of benzene rings is 1. The van der Waals surface area contributed by atoms with Gasteiger partial charge < -0.3 is 5.32 Å². The Labute approximate surface area is 108 Å². The van der Waals surface area contributed by atoms with Gasteiger partial charge in [0.15, 0.2) is 0 Å². The van der Waals surface area contributed by atoms with Crippen molar-refractivity contribution in [3.05, 3.63) is 34.9 Å². The molecule has 0 radical (unpaired) electrons. The van der Waals surface area contributed by atoms with Crippen LogP contribution in [0.3, 0.4) is 0 Å². The number of nitrogens with one attached hydrogen (secondary N) is 1. The van der Waals surface area contributed by atoms with Gasteiger partial charge in [-0.25, -0.2) is 0 Å². The van der Waals surface area contributed by atoms with Crippen molar-refractivity contribution in [2.24, 2.45) is 5.92 Å². The van der Waals surface area contributed by atoms with Crippen molar-refractivity contribution in [2.45, 2.75) is 40.3 Å². The fourth-order valence-corrected chi connectivity index (χ4v) is 2.86. The molecule has 0 amide bonds. The minimum atomic E-state index is 0.542. The minimum absolute atomic E-state index is 0.542. The summed E-state index contributed by atoms with van der Waals surface area (Å²) in [5.41, 5.74) is 4.07. The molecule has 1 rings (SSSR count). The van der Waals surface area contributed by atoms with Gasteiger partial charge in [0.25, 0.3) is 0 Å². The SMILES string of the molecule is Cc1cc(C)cc(CNC(CBr)C(C)C)c1. The summed E-state index contributed by atoms with van der Waals surface area (Å²) >= 11 is 3.56. The highest BCUT2D eigenvalue weighted by Gasteiger charge is 2.10. The average Bonchev–Trinajstić information content (AvgIpc) is 2.16. The van der Waals surface area contributed by atoms with Gasteiger partial charge in [-0.15, -0.1) is 0 Å². The lowest BCUT2D eigenvalue weighted by Crippen LogP contribution is -2.34. The quantitative estimate of drug-likeness (QED) is 0.811. The van der Waals surface area contributed by atoms with E-state index in [1.54, 1.807) is 0 Å². The Bertz CT molecular complexity index is 313. The molecule has 2 heteroatoms. The van der Waals surface area contributed by atoms with Gasteiger partial charge in [-0.05, 0) is 25.3 Å². The molecule has 0 aliphatic rings. The van der Waals surface area contributed by atoms with Crippen molar-refractivity contribution in [1.82, 2.24) is 5.32 Å². The van der Waals surface area contributed by atoms with E-state index in [0.29, 0.717) is 12.0 Å². The Morgan fingerprint density at radius 3 is 2.12 bits per heavy atom. The largest absolute Gasteiger partial charge is 0.309 e. The fourth-order valence-electron chi connectivity index (χ4n) is 1.89. The molecule has 0 saturated heterocycles. The standard InChI is InChI=1S/C14H22BrN/c1-10(2)14(8-15)16-9-13-6-11(3)5-12(4)7-13/h5-7,10,14,16H,8-9H2,1-4H3. The van der Waals surface area contributed by atoms with Crippen molar-refractivity contribution < 1.29 is 0 Å². The van der Waals surface area contributed by atoms with Gasteiger partial charge >= 0.3 is 0 Å². The van der Waals surface area contributed by atoms with Gasteiger partial charge in [0.05, 0.1) is 0 Å².